The smallest absolute Gasteiger partial charge is 0.254 e. The fourth-order valence-electron chi connectivity index (χ4n) is 3.29. The van der Waals surface area contributed by atoms with Gasteiger partial charge in [0, 0.05) is 43.7 Å². The van der Waals surface area contributed by atoms with E-state index < -0.39 is 0 Å². The van der Waals surface area contributed by atoms with Crippen LogP contribution in [0, 0.1) is 0 Å². The van der Waals surface area contributed by atoms with E-state index in [1.54, 1.807) is 24.6 Å². The van der Waals surface area contributed by atoms with Crippen LogP contribution in [0.1, 0.15) is 52.8 Å². The molecule has 0 spiro atoms. The van der Waals surface area contributed by atoms with Gasteiger partial charge in [0.25, 0.3) is 5.91 Å². The van der Waals surface area contributed by atoms with E-state index >= 15 is 0 Å². The highest BCUT2D eigenvalue weighted by Gasteiger charge is 2.25. The summed E-state index contributed by atoms with van der Waals surface area (Å²) in [5.41, 5.74) is 1.78. The molecule has 7 heteroatoms. The van der Waals surface area contributed by atoms with Crippen molar-refractivity contribution in [3.63, 3.8) is 0 Å². The minimum atomic E-state index is -0.113. The Hall–Kier alpha value is -2.15. The lowest BCUT2D eigenvalue weighted by Crippen LogP contribution is -2.22. The molecule has 0 unspecified atom stereocenters. The molecule has 0 atom stereocenters. The number of carbonyl (C=O) groups is 2. The van der Waals surface area contributed by atoms with Crippen LogP contribution >= 0.6 is 11.3 Å². The lowest BCUT2D eigenvalue weighted by Gasteiger charge is -2.12. The average molecular weight is 360 g/mol. The summed E-state index contributed by atoms with van der Waals surface area (Å²) in [5.74, 6) is 0.794. The van der Waals surface area contributed by atoms with Gasteiger partial charge in [0.2, 0.25) is 5.91 Å². The Morgan fingerprint density at radius 2 is 2.12 bits per heavy atom. The molecule has 25 heavy (non-hydrogen) atoms. The SMILES string of the molecule is CCc1nccn1CCC(=O)Nc1sc2c(c1C(=O)NC)CCCC2. The van der Waals surface area contributed by atoms with Crippen molar-refractivity contribution in [1.82, 2.24) is 14.9 Å². The molecule has 0 saturated heterocycles. The molecule has 0 saturated carbocycles. The summed E-state index contributed by atoms with van der Waals surface area (Å²) in [5, 5.41) is 6.36. The second-order valence-electron chi connectivity index (χ2n) is 6.18. The first-order chi connectivity index (χ1) is 12.1. The van der Waals surface area contributed by atoms with Crippen molar-refractivity contribution in [2.24, 2.45) is 0 Å². The van der Waals surface area contributed by atoms with Crippen molar-refractivity contribution in [2.75, 3.05) is 12.4 Å². The Labute approximate surface area is 151 Å². The molecule has 2 heterocycles. The first-order valence-electron chi connectivity index (χ1n) is 8.80. The highest BCUT2D eigenvalue weighted by Crippen LogP contribution is 2.38. The van der Waals surface area contributed by atoms with Gasteiger partial charge in [-0.05, 0) is 31.2 Å². The fourth-order valence-corrected chi connectivity index (χ4v) is 4.59. The fraction of sp³-hybridized carbons (Fsp3) is 0.500. The largest absolute Gasteiger partial charge is 0.355 e. The minimum absolute atomic E-state index is 0.0699. The number of nitrogens with one attached hydrogen (secondary N) is 2. The van der Waals surface area contributed by atoms with Gasteiger partial charge in [-0.2, -0.15) is 0 Å². The van der Waals surface area contributed by atoms with Crippen molar-refractivity contribution in [2.45, 2.75) is 52.0 Å². The summed E-state index contributed by atoms with van der Waals surface area (Å²) in [6.07, 6.45) is 9.01. The molecule has 134 valence electrons. The molecule has 2 aromatic rings. The molecule has 1 aliphatic rings. The Balaban J connectivity index is 1.72. The summed E-state index contributed by atoms with van der Waals surface area (Å²) < 4.78 is 2.00. The molecule has 2 aromatic heterocycles. The number of thiophene rings is 1. The van der Waals surface area contributed by atoms with Crippen LogP contribution in [0.2, 0.25) is 0 Å². The van der Waals surface area contributed by atoms with E-state index in [1.165, 1.54) is 4.88 Å². The van der Waals surface area contributed by atoms with E-state index in [4.69, 9.17) is 0 Å². The van der Waals surface area contributed by atoms with Crippen molar-refractivity contribution in [1.29, 1.82) is 0 Å². The topological polar surface area (TPSA) is 76.0 Å². The lowest BCUT2D eigenvalue weighted by atomic mass is 9.95. The number of hydrogen-bond donors (Lipinski definition) is 2. The number of aromatic nitrogens is 2. The summed E-state index contributed by atoms with van der Waals surface area (Å²) in [6, 6.07) is 0. The third-order valence-corrected chi connectivity index (χ3v) is 5.78. The Kier molecular flexibility index (Phi) is 5.53. The first kappa shape index (κ1) is 17.7. The molecule has 0 aliphatic heterocycles. The molecule has 2 amide bonds. The van der Waals surface area contributed by atoms with Gasteiger partial charge < -0.3 is 15.2 Å². The molecule has 3 rings (SSSR count). The number of anilines is 1. The molecule has 0 fully saturated rings. The molecule has 1 aliphatic carbocycles. The van der Waals surface area contributed by atoms with Gasteiger partial charge >= 0.3 is 0 Å². The predicted octanol–water partition coefficient (Wildman–Crippen LogP) is 2.77. The number of imidazole rings is 1. The van der Waals surface area contributed by atoms with Crippen molar-refractivity contribution >= 4 is 28.2 Å². The van der Waals surface area contributed by atoms with E-state index in [2.05, 4.69) is 15.6 Å². The zero-order valence-corrected chi connectivity index (χ0v) is 15.5. The van der Waals surface area contributed by atoms with Crippen LogP contribution in [-0.4, -0.2) is 28.4 Å². The second kappa shape index (κ2) is 7.82. The van der Waals surface area contributed by atoms with Crippen LogP contribution in [-0.2, 0) is 30.6 Å². The van der Waals surface area contributed by atoms with Crippen LogP contribution in [0.5, 0.6) is 0 Å². The summed E-state index contributed by atoms with van der Waals surface area (Å²) in [7, 11) is 1.63. The first-order valence-corrected chi connectivity index (χ1v) is 9.62. The van der Waals surface area contributed by atoms with Gasteiger partial charge in [0.1, 0.15) is 10.8 Å². The number of fused-ring (bicyclic) bond motifs is 1. The standard InChI is InChI=1S/C18H24N4O2S/c1-3-14-20-9-11-22(14)10-8-15(23)21-18-16(17(24)19-2)12-6-4-5-7-13(12)25-18/h9,11H,3-8,10H2,1-2H3,(H,19,24)(H,21,23). The number of rotatable bonds is 6. The van der Waals surface area contributed by atoms with E-state index in [0.29, 0.717) is 23.5 Å². The monoisotopic (exact) mass is 360 g/mol. The van der Waals surface area contributed by atoms with E-state index in [-0.39, 0.29) is 11.8 Å². The van der Waals surface area contributed by atoms with E-state index in [9.17, 15) is 9.59 Å². The highest BCUT2D eigenvalue weighted by molar-refractivity contribution is 7.17. The lowest BCUT2D eigenvalue weighted by molar-refractivity contribution is -0.116. The van der Waals surface area contributed by atoms with Crippen molar-refractivity contribution < 1.29 is 9.59 Å². The van der Waals surface area contributed by atoms with E-state index in [1.807, 2.05) is 17.7 Å². The van der Waals surface area contributed by atoms with Crippen molar-refractivity contribution in [3.05, 3.63) is 34.2 Å². The third-order valence-electron chi connectivity index (χ3n) is 4.58. The minimum Gasteiger partial charge on any atom is -0.355 e. The molecular formula is C18H24N4O2S. The molecule has 0 radical (unpaired) electrons. The predicted molar refractivity (Wildman–Crippen MR) is 99.2 cm³/mol. The quantitative estimate of drug-likeness (QED) is 0.832. The maximum absolute atomic E-state index is 12.4. The molecule has 0 bridgehead atoms. The Bertz CT molecular complexity index is 778. The van der Waals surface area contributed by atoms with Gasteiger partial charge in [-0.3, -0.25) is 9.59 Å². The van der Waals surface area contributed by atoms with Crippen LogP contribution in [0.15, 0.2) is 12.4 Å². The summed E-state index contributed by atoms with van der Waals surface area (Å²) in [4.78, 5) is 30.2. The summed E-state index contributed by atoms with van der Waals surface area (Å²) >= 11 is 1.55. The average Bonchev–Trinajstić information content (AvgIpc) is 3.22. The van der Waals surface area contributed by atoms with Crippen LogP contribution < -0.4 is 10.6 Å². The molecule has 0 aromatic carbocycles. The Morgan fingerprint density at radius 1 is 1.32 bits per heavy atom. The number of nitrogens with zero attached hydrogens (tertiary/aromatic N) is 2. The van der Waals surface area contributed by atoms with Crippen LogP contribution in [0.25, 0.3) is 0 Å². The van der Waals surface area contributed by atoms with Gasteiger partial charge in [-0.1, -0.05) is 6.92 Å². The van der Waals surface area contributed by atoms with Crippen molar-refractivity contribution in [3.8, 4) is 0 Å². The second-order valence-corrected chi connectivity index (χ2v) is 7.29. The van der Waals surface area contributed by atoms with Gasteiger partial charge in [-0.25, -0.2) is 4.98 Å². The Morgan fingerprint density at radius 3 is 2.88 bits per heavy atom. The van der Waals surface area contributed by atoms with Gasteiger partial charge in [-0.15, -0.1) is 11.3 Å². The number of carbonyl (C=O) groups excluding carboxylic acids is 2. The van der Waals surface area contributed by atoms with Gasteiger partial charge in [0.05, 0.1) is 5.56 Å². The maximum Gasteiger partial charge on any atom is 0.254 e. The number of amides is 2. The zero-order valence-electron chi connectivity index (χ0n) is 14.7. The molecule has 2 N–H and O–H groups in total. The third kappa shape index (κ3) is 3.76. The highest BCUT2D eigenvalue weighted by atomic mass is 32.1. The van der Waals surface area contributed by atoms with Gasteiger partial charge in [0.15, 0.2) is 0 Å². The normalized spacial score (nSPS) is 13.4. The van der Waals surface area contributed by atoms with E-state index in [0.717, 1.165) is 43.5 Å². The molecular weight excluding hydrogens is 336 g/mol. The van der Waals surface area contributed by atoms with Crippen LogP contribution in [0.3, 0.4) is 0 Å². The summed E-state index contributed by atoms with van der Waals surface area (Å²) in [6.45, 7) is 2.64. The number of aryl methyl sites for hydroxylation is 3. The molecule has 6 nitrogen and oxygen atoms in total. The number of hydrogen-bond acceptors (Lipinski definition) is 4. The van der Waals surface area contributed by atoms with Crippen LogP contribution in [0.4, 0.5) is 5.00 Å². The zero-order chi connectivity index (χ0) is 17.8. The maximum atomic E-state index is 12.4.